The number of methoxy groups -OCH3 is 1. The van der Waals surface area contributed by atoms with Gasteiger partial charge >= 0.3 is 0 Å². The smallest absolute Gasteiger partial charge is 0.162 e. The van der Waals surface area contributed by atoms with Crippen molar-refractivity contribution in [1.29, 1.82) is 0 Å². The van der Waals surface area contributed by atoms with E-state index in [2.05, 4.69) is 26.8 Å². The van der Waals surface area contributed by atoms with Crippen molar-refractivity contribution in [2.45, 2.75) is 52.6 Å². The van der Waals surface area contributed by atoms with Crippen molar-refractivity contribution in [3.05, 3.63) is 11.8 Å². The zero-order valence-corrected chi connectivity index (χ0v) is 13.1. The molecule has 3 heteroatoms. The lowest BCUT2D eigenvalue weighted by atomic mass is 9.48. The van der Waals surface area contributed by atoms with Crippen molar-refractivity contribution >= 4 is 5.78 Å². The summed E-state index contributed by atoms with van der Waals surface area (Å²) in [6.07, 6.45) is 5.78. The van der Waals surface area contributed by atoms with Gasteiger partial charge in [0.2, 0.25) is 0 Å². The van der Waals surface area contributed by atoms with Crippen LogP contribution in [0, 0.1) is 22.7 Å². The van der Waals surface area contributed by atoms with E-state index in [0.717, 1.165) is 31.6 Å². The first-order chi connectivity index (χ1) is 9.41. The van der Waals surface area contributed by atoms with E-state index in [9.17, 15) is 4.79 Å². The summed E-state index contributed by atoms with van der Waals surface area (Å²) in [5.74, 6) is 2.01. The molecule has 3 nitrogen and oxygen atoms in total. The summed E-state index contributed by atoms with van der Waals surface area (Å²) >= 11 is 0. The fourth-order valence-corrected chi connectivity index (χ4v) is 4.96. The third-order valence-electron chi connectivity index (χ3n) is 6.05. The molecule has 112 valence electrons. The molecule has 0 spiro atoms. The van der Waals surface area contributed by atoms with Crippen LogP contribution in [0.15, 0.2) is 11.8 Å². The number of ether oxygens (including phenoxy) is 2. The van der Waals surface area contributed by atoms with Crippen LogP contribution in [0.1, 0.15) is 46.5 Å². The summed E-state index contributed by atoms with van der Waals surface area (Å²) < 4.78 is 11.6. The SMILES string of the molecule is COC1=CCC(C)(C)[C@H]2CC(=O)[C@H]3OCCC[C@H]3[C@@]12C. The van der Waals surface area contributed by atoms with Crippen molar-refractivity contribution in [1.82, 2.24) is 0 Å². The van der Waals surface area contributed by atoms with Gasteiger partial charge in [-0.1, -0.05) is 20.8 Å². The van der Waals surface area contributed by atoms with E-state index in [4.69, 9.17) is 9.47 Å². The van der Waals surface area contributed by atoms with Gasteiger partial charge < -0.3 is 9.47 Å². The van der Waals surface area contributed by atoms with Gasteiger partial charge in [-0.25, -0.2) is 0 Å². The topological polar surface area (TPSA) is 35.5 Å². The molecule has 2 aliphatic carbocycles. The fraction of sp³-hybridized carbons (Fsp3) is 0.824. The minimum absolute atomic E-state index is 0.0600. The van der Waals surface area contributed by atoms with Crippen LogP contribution in [-0.4, -0.2) is 25.6 Å². The maximum atomic E-state index is 12.5. The third kappa shape index (κ3) is 1.78. The second-order valence-electron chi connectivity index (χ2n) is 7.51. The summed E-state index contributed by atoms with van der Waals surface area (Å²) in [5.41, 5.74) is 0.0877. The number of hydrogen-bond acceptors (Lipinski definition) is 3. The Labute approximate surface area is 121 Å². The van der Waals surface area contributed by atoms with Crippen molar-refractivity contribution in [3.8, 4) is 0 Å². The number of carbonyl (C=O) groups is 1. The van der Waals surface area contributed by atoms with Crippen molar-refractivity contribution in [2.24, 2.45) is 22.7 Å². The van der Waals surface area contributed by atoms with E-state index in [-0.39, 0.29) is 22.9 Å². The molecule has 0 aromatic rings. The fourth-order valence-electron chi connectivity index (χ4n) is 4.96. The summed E-state index contributed by atoms with van der Waals surface area (Å²) in [7, 11) is 1.77. The Bertz CT molecular complexity index is 451. The number of fused-ring (bicyclic) bond motifs is 3. The molecule has 0 amide bonds. The lowest BCUT2D eigenvalue weighted by Gasteiger charge is -2.58. The standard InChI is InChI=1S/C17H26O3/c1-16(2)8-7-14(19-4)17(3)11-6-5-9-20-15(11)12(18)10-13(16)17/h7,11,13,15H,5-6,8-10H2,1-4H3/t11-,13-,15+,17-/m1/s1. The first kappa shape index (κ1) is 14.1. The molecule has 1 saturated heterocycles. The molecule has 2 fully saturated rings. The molecule has 0 radical (unpaired) electrons. The Hall–Kier alpha value is -0.830. The highest BCUT2D eigenvalue weighted by Gasteiger charge is 2.60. The summed E-state index contributed by atoms with van der Waals surface area (Å²) in [5, 5.41) is 0. The molecule has 3 rings (SSSR count). The van der Waals surface area contributed by atoms with Crippen LogP contribution >= 0.6 is 0 Å². The second kappa shape index (κ2) is 4.59. The number of carbonyl (C=O) groups excluding carboxylic acids is 1. The van der Waals surface area contributed by atoms with E-state index in [1.165, 1.54) is 0 Å². The van der Waals surface area contributed by atoms with Gasteiger partial charge in [-0.3, -0.25) is 4.79 Å². The van der Waals surface area contributed by atoms with Gasteiger partial charge in [0, 0.05) is 24.4 Å². The molecule has 0 N–H and O–H groups in total. The monoisotopic (exact) mass is 278 g/mol. The van der Waals surface area contributed by atoms with E-state index in [1.54, 1.807) is 7.11 Å². The van der Waals surface area contributed by atoms with Gasteiger partial charge in [-0.2, -0.15) is 0 Å². The first-order valence-corrected chi connectivity index (χ1v) is 7.80. The third-order valence-corrected chi connectivity index (χ3v) is 6.05. The Morgan fingerprint density at radius 1 is 1.35 bits per heavy atom. The molecular formula is C17H26O3. The highest BCUT2D eigenvalue weighted by Crippen LogP contribution is 2.61. The van der Waals surface area contributed by atoms with Gasteiger partial charge in [-0.15, -0.1) is 0 Å². The lowest BCUT2D eigenvalue weighted by Crippen LogP contribution is -2.59. The van der Waals surface area contributed by atoms with Gasteiger partial charge in [0.25, 0.3) is 0 Å². The minimum Gasteiger partial charge on any atom is -0.501 e. The van der Waals surface area contributed by atoms with Crippen LogP contribution in [-0.2, 0) is 14.3 Å². The molecule has 1 aliphatic heterocycles. The molecule has 0 unspecified atom stereocenters. The predicted molar refractivity (Wildman–Crippen MR) is 77.2 cm³/mol. The summed E-state index contributed by atoms with van der Waals surface area (Å²) in [6.45, 7) is 7.60. The van der Waals surface area contributed by atoms with Crippen LogP contribution in [0.3, 0.4) is 0 Å². The highest BCUT2D eigenvalue weighted by atomic mass is 16.5. The zero-order valence-electron chi connectivity index (χ0n) is 13.1. The summed E-state index contributed by atoms with van der Waals surface area (Å²) in [6, 6.07) is 0. The van der Waals surface area contributed by atoms with Crippen LogP contribution < -0.4 is 0 Å². The number of ketones is 1. The highest BCUT2D eigenvalue weighted by molar-refractivity contribution is 5.85. The van der Waals surface area contributed by atoms with E-state index < -0.39 is 0 Å². The molecule has 20 heavy (non-hydrogen) atoms. The van der Waals surface area contributed by atoms with Crippen molar-refractivity contribution in [2.75, 3.05) is 13.7 Å². The molecule has 1 heterocycles. The van der Waals surface area contributed by atoms with Crippen LogP contribution in [0.5, 0.6) is 0 Å². The second-order valence-corrected chi connectivity index (χ2v) is 7.51. The Kier molecular flexibility index (Phi) is 3.24. The van der Waals surface area contributed by atoms with Crippen LogP contribution in [0.25, 0.3) is 0 Å². The molecule has 0 aromatic heterocycles. The predicted octanol–water partition coefficient (Wildman–Crippen LogP) is 3.34. The van der Waals surface area contributed by atoms with Crippen LogP contribution in [0.2, 0.25) is 0 Å². The lowest BCUT2D eigenvalue weighted by molar-refractivity contribution is -0.171. The Morgan fingerprint density at radius 2 is 2.10 bits per heavy atom. The molecular weight excluding hydrogens is 252 g/mol. The molecule has 4 atom stereocenters. The van der Waals surface area contributed by atoms with E-state index >= 15 is 0 Å². The van der Waals surface area contributed by atoms with Crippen molar-refractivity contribution < 1.29 is 14.3 Å². The normalized spacial score (nSPS) is 43.3. The number of hydrogen-bond donors (Lipinski definition) is 0. The number of Topliss-reactive ketones (excluding diaryl/α,β-unsaturated/α-hetero) is 1. The number of allylic oxidation sites excluding steroid dienone is 2. The zero-order chi connectivity index (χ0) is 14.5. The molecule has 3 aliphatic rings. The quantitative estimate of drug-likeness (QED) is 0.738. The average molecular weight is 278 g/mol. The Morgan fingerprint density at radius 3 is 2.80 bits per heavy atom. The Balaban J connectivity index is 2.09. The van der Waals surface area contributed by atoms with E-state index in [0.29, 0.717) is 18.1 Å². The average Bonchev–Trinajstić information content (AvgIpc) is 2.42. The van der Waals surface area contributed by atoms with Crippen molar-refractivity contribution in [3.63, 3.8) is 0 Å². The first-order valence-electron chi connectivity index (χ1n) is 7.80. The molecule has 0 aromatic carbocycles. The van der Waals surface area contributed by atoms with Gasteiger partial charge in [0.05, 0.1) is 12.9 Å². The largest absolute Gasteiger partial charge is 0.501 e. The molecule has 0 bridgehead atoms. The molecule has 1 saturated carbocycles. The van der Waals surface area contributed by atoms with Gasteiger partial charge in [0.1, 0.15) is 6.10 Å². The van der Waals surface area contributed by atoms with Crippen LogP contribution in [0.4, 0.5) is 0 Å². The minimum atomic E-state index is -0.211. The van der Waals surface area contributed by atoms with E-state index in [1.807, 2.05) is 0 Å². The maximum absolute atomic E-state index is 12.5. The van der Waals surface area contributed by atoms with Gasteiger partial charge in [0.15, 0.2) is 5.78 Å². The van der Waals surface area contributed by atoms with Gasteiger partial charge in [-0.05, 0) is 36.7 Å². The summed E-state index contributed by atoms with van der Waals surface area (Å²) in [4.78, 5) is 12.5. The number of rotatable bonds is 1. The maximum Gasteiger partial charge on any atom is 0.162 e.